The van der Waals surface area contributed by atoms with E-state index in [0.29, 0.717) is 25.7 Å². The minimum absolute atomic E-state index is 0.106. The summed E-state index contributed by atoms with van der Waals surface area (Å²) >= 11 is 0. The fourth-order valence-corrected chi connectivity index (χ4v) is 13.7. The summed E-state index contributed by atoms with van der Waals surface area (Å²) in [6, 6.07) is 0. The Morgan fingerprint density at radius 2 is 0.469 bits per heavy atom. The van der Waals surface area contributed by atoms with Crippen molar-refractivity contribution in [2.75, 3.05) is 39.6 Å². The molecule has 3 N–H and O–H groups in total. The second kappa shape index (κ2) is 69.4. The second-order valence-corrected chi connectivity index (χ2v) is 32.8. The number of aliphatic hydroxyl groups excluding tert-OH is 1. The van der Waals surface area contributed by atoms with Crippen LogP contribution in [0.25, 0.3) is 0 Å². The van der Waals surface area contributed by atoms with Gasteiger partial charge in [-0.15, -0.1) is 0 Å². The van der Waals surface area contributed by atoms with E-state index in [0.717, 1.165) is 108 Å². The van der Waals surface area contributed by atoms with E-state index in [2.05, 4.69) is 48.5 Å². The number of ether oxygens (including phenoxy) is 4. The Kier molecular flexibility index (Phi) is 68.1. The van der Waals surface area contributed by atoms with Crippen molar-refractivity contribution < 1.29 is 80.2 Å². The number of phosphoric ester groups is 2. The van der Waals surface area contributed by atoms with Gasteiger partial charge in [0.15, 0.2) is 12.2 Å². The minimum Gasteiger partial charge on any atom is -0.462 e. The molecule has 0 aromatic carbocycles. The van der Waals surface area contributed by atoms with E-state index in [1.165, 1.54) is 218 Å². The van der Waals surface area contributed by atoms with Crippen LogP contribution in [0, 0.1) is 17.8 Å². The zero-order valence-electron chi connectivity index (χ0n) is 64.3. The van der Waals surface area contributed by atoms with E-state index in [4.69, 9.17) is 37.0 Å². The molecule has 0 spiro atoms. The molecule has 0 saturated carbocycles. The smallest absolute Gasteiger partial charge is 0.462 e. The number of carbonyl (C=O) groups excluding carboxylic acids is 4. The van der Waals surface area contributed by atoms with Gasteiger partial charge in [-0.25, -0.2) is 9.13 Å². The monoisotopic (exact) mass is 1440 g/mol. The molecule has 2 unspecified atom stereocenters. The van der Waals surface area contributed by atoms with Crippen LogP contribution >= 0.6 is 15.6 Å². The molecule has 0 aromatic rings. The van der Waals surface area contributed by atoms with Crippen LogP contribution in [0.4, 0.5) is 0 Å². The van der Waals surface area contributed by atoms with Gasteiger partial charge in [-0.2, -0.15) is 0 Å². The van der Waals surface area contributed by atoms with Crippen molar-refractivity contribution in [3.63, 3.8) is 0 Å². The van der Waals surface area contributed by atoms with Crippen molar-refractivity contribution in [3.8, 4) is 0 Å². The molecule has 0 aromatic heterocycles. The predicted molar refractivity (Wildman–Crippen MR) is 400 cm³/mol. The fourth-order valence-electron chi connectivity index (χ4n) is 12.1. The topological polar surface area (TPSA) is 237 Å². The highest BCUT2D eigenvalue weighted by Crippen LogP contribution is 2.45. The van der Waals surface area contributed by atoms with E-state index in [1.807, 2.05) is 0 Å². The van der Waals surface area contributed by atoms with E-state index in [-0.39, 0.29) is 25.7 Å². The van der Waals surface area contributed by atoms with Gasteiger partial charge in [0, 0.05) is 25.7 Å². The Morgan fingerprint density at radius 1 is 0.276 bits per heavy atom. The molecule has 0 saturated heterocycles. The molecular weight excluding hydrogens is 1280 g/mol. The van der Waals surface area contributed by atoms with E-state index in [1.54, 1.807) is 0 Å². The van der Waals surface area contributed by atoms with Crippen molar-refractivity contribution in [1.29, 1.82) is 0 Å². The molecule has 5 atom stereocenters. The van der Waals surface area contributed by atoms with Gasteiger partial charge >= 0.3 is 39.5 Å². The highest BCUT2D eigenvalue weighted by molar-refractivity contribution is 7.47. The van der Waals surface area contributed by atoms with Crippen molar-refractivity contribution in [2.24, 2.45) is 17.8 Å². The first kappa shape index (κ1) is 96.1. The summed E-state index contributed by atoms with van der Waals surface area (Å²) in [4.78, 5) is 73.0. The first-order chi connectivity index (χ1) is 47.2. The number of unbranched alkanes of at least 4 members (excludes halogenated alkanes) is 45. The van der Waals surface area contributed by atoms with Crippen LogP contribution in [-0.2, 0) is 65.4 Å². The molecule has 0 aliphatic heterocycles. The first-order valence-corrected chi connectivity index (χ1v) is 43.8. The second-order valence-electron chi connectivity index (χ2n) is 29.9. The van der Waals surface area contributed by atoms with Crippen molar-refractivity contribution >= 4 is 39.5 Å². The molecular formula is C79H154O17P2. The highest BCUT2D eigenvalue weighted by atomic mass is 31.2. The Labute approximate surface area is 600 Å². The van der Waals surface area contributed by atoms with Gasteiger partial charge in [0.05, 0.1) is 26.4 Å². The maximum absolute atomic E-state index is 13.1. The van der Waals surface area contributed by atoms with Crippen molar-refractivity contribution in [3.05, 3.63) is 0 Å². The summed E-state index contributed by atoms with van der Waals surface area (Å²) in [5.74, 6) is 0.218. The van der Waals surface area contributed by atoms with Crippen LogP contribution in [0.2, 0.25) is 0 Å². The summed E-state index contributed by atoms with van der Waals surface area (Å²) < 4.78 is 68.7. The predicted octanol–water partition coefficient (Wildman–Crippen LogP) is 23.4. The number of esters is 4. The Hall–Kier alpha value is -1.94. The third-order valence-electron chi connectivity index (χ3n) is 18.4. The Bertz CT molecular complexity index is 1900. The highest BCUT2D eigenvalue weighted by Gasteiger charge is 2.30. The van der Waals surface area contributed by atoms with Gasteiger partial charge in [-0.1, -0.05) is 357 Å². The number of phosphoric acid groups is 2. The van der Waals surface area contributed by atoms with Crippen LogP contribution in [0.1, 0.15) is 408 Å². The zero-order chi connectivity index (χ0) is 72.3. The Morgan fingerprint density at radius 3 is 0.694 bits per heavy atom. The largest absolute Gasteiger partial charge is 0.472 e. The average Bonchev–Trinajstić information content (AvgIpc) is 1.18. The molecule has 0 amide bonds. The minimum atomic E-state index is -4.96. The molecule has 0 radical (unpaired) electrons. The lowest BCUT2D eigenvalue weighted by molar-refractivity contribution is -0.161. The number of rotatable bonds is 77. The van der Waals surface area contributed by atoms with E-state index < -0.39 is 97.5 Å². The van der Waals surface area contributed by atoms with Crippen LogP contribution in [0.3, 0.4) is 0 Å². The zero-order valence-corrected chi connectivity index (χ0v) is 66.0. The van der Waals surface area contributed by atoms with Gasteiger partial charge in [0.1, 0.15) is 19.3 Å². The van der Waals surface area contributed by atoms with Crippen molar-refractivity contribution in [2.45, 2.75) is 426 Å². The molecule has 0 aliphatic rings. The normalized spacial score (nSPS) is 14.0. The maximum Gasteiger partial charge on any atom is 0.472 e. The molecule has 17 nitrogen and oxygen atoms in total. The Balaban J connectivity index is 5.27. The summed E-state index contributed by atoms with van der Waals surface area (Å²) in [6.45, 7) is 12.0. The molecule has 0 fully saturated rings. The third kappa shape index (κ3) is 72.4. The lowest BCUT2D eigenvalue weighted by Gasteiger charge is -2.21. The quantitative estimate of drug-likeness (QED) is 0.0222. The average molecular weight is 1440 g/mol. The van der Waals surface area contributed by atoms with Gasteiger partial charge in [0.2, 0.25) is 0 Å². The van der Waals surface area contributed by atoms with Crippen LogP contribution in [0.5, 0.6) is 0 Å². The van der Waals surface area contributed by atoms with Gasteiger partial charge in [0.25, 0.3) is 0 Å². The first-order valence-electron chi connectivity index (χ1n) is 40.8. The summed E-state index contributed by atoms with van der Waals surface area (Å²) in [6.07, 6.45) is 56.7. The fraction of sp³-hybridized carbons (Fsp3) is 0.949. The number of aliphatic hydroxyl groups is 1. The third-order valence-corrected chi connectivity index (χ3v) is 20.3. The van der Waals surface area contributed by atoms with E-state index in [9.17, 15) is 43.2 Å². The van der Waals surface area contributed by atoms with Gasteiger partial charge in [-0.05, 0) is 43.4 Å². The van der Waals surface area contributed by atoms with Crippen LogP contribution in [0.15, 0.2) is 0 Å². The summed E-state index contributed by atoms with van der Waals surface area (Å²) in [5.41, 5.74) is 0. The maximum atomic E-state index is 13.1. The standard InChI is InChI=1S/C79H154O17P2/c1-8-9-10-11-12-13-14-17-24-32-39-46-53-60-76(81)89-67-75(96-79(84)63-56-49-42-35-28-27-31-38-45-52-59-72(6)7)69-94-98(87,88)92-65-73(80)64-91-97(85,86)93-68-74(95-78(83)62-55-48-41-34-26-21-16-19-23-30-37-44-51-58-71(4)5)66-90-77(82)61-54-47-40-33-25-20-15-18-22-29-36-43-50-57-70(2)3/h70-75,80H,8-69H2,1-7H3,(H,85,86)(H,87,88)/t73-,74-,75-/m1/s1. The van der Waals surface area contributed by atoms with Gasteiger partial charge < -0.3 is 33.8 Å². The molecule has 19 heteroatoms. The van der Waals surface area contributed by atoms with Crippen LogP contribution in [-0.4, -0.2) is 96.7 Å². The molecule has 98 heavy (non-hydrogen) atoms. The van der Waals surface area contributed by atoms with Crippen LogP contribution < -0.4 is 0 Å². The number of hydrogen-bond acceptors (Lipinski definition) is 15. The lowest BCUT2D eigenvalue weighted by Crippen LogP contribution is -2.30. The van der Waals surface area contributed by atoms with Gasteiger partial charge in [-0.3, -0.25) is 37.3 Å². The molecule has 0 rings (SSSR count). The van der Waals surface area contributed by atoms with E-state index >= 15 is 0 Å². The molecule has 0 heterocycles. The summed E-state index contributed by atoms with van der Waals surface area (Å²) in [7, 11) is -9.92. The molecule has 0 bridgehead atoms. The number of carbonyl (C=O) groups is 4. The molecule has 0 aliphatic carbocycles. The summed E-state index contributed by atoms with van der Waals surface area (Å²) in [5, 5.41) is 10.6. The SMILES string of the molecule is CCCCCCCCCCCCCCCC(=O)OC[C@H](COP(=O)(O)OC[C@H](O)COP(=O)(O)OC[C@@H](COC(=O)CCCCCCCCCCCCCCCC(C)C)OC(=O)CCCCCCCCCCCCCCCC(C)C)OC(=O)CCCCCCCCCCCCC(C)C. The van der Waals surface area contributed by atoms with Crippen molar-refractivity contribution in [1.82, 2.24) is 0 Å². The molecule has 582 valence electrons. The lowest BCUT2D eigenvalue weighted by atomic mass is 10.0. The number of hydrogen-bond donors (Lipinski definition) is 3.